The Kier molecular flexibility index (Phi) is 5.00. The molecule has 0 N–H and O–H groups in total. The largest absolute Gasteiger partial charge is 0.341 e. The predicted molar refractivity (Wildman–Crippen MR) is 81.2 cm³/mol. The van der Waals surface area contributed by atoms with Crippen molar-refractivity contribution >= 4 is 28.8 Å². The molecule has 4 heteroatoms. The molecule has 0 aromatic heterocycles. The Morgan fingerprint density at radius 3 is 2.56 bits per heavy atom. The lowest BCUT2D eigenvalue weighted by Crippen LogP contribution is -2.38. The Labute approximate surface area is 123 Å². The van der Waals surface area contributed by atoms with Crippen LogP contribution in [0.25, 0.3) is 0 Å². The predicted octanol–water partition coefficient (Wildman–Crippen LogP) is 2.71. The lowest BCUT2D eigenvalue weighted by atomic mass is 9.96. The Balaban J connectivity index is 1.89. The highest BCUT2D eigenvalue weighted by atomic mass is 127. The summed E-state index contributed by atoms with van der Waals surface area (Å²) in [5, 5.41) is 0. The maximum absolute atomic E-state index is 12.3. The fraction of sp³-hybridized carbons (Fsp3) is 0.500. The Bertz CT molecular complexity index is 388. The van der Waals surface area contributed by atoms with Crippen molar-refractivity contribution in [1.82, 2.24) is 8.01 Å². The van der Waals surface area contributed by atoms with E-state index in [-0.39, 0.29) is 5.92 Å². The normalized spacial score (nSPS) is 17.7. The van der Waals surface area contributed by atoms with Crippen LogP contribution in [0.4, 0.5) is 0 Å². The van der Waals surface area contributed by atoms with Crippen molar-refractivity contribution in [3.63, 3.8) is 0 Å². The smallest absolute Gasteiger partial charge is 0.225 e. The molecular formula is C14H19IN2O. The van der Waals surface area contributed by atoms with Gasteiger partial charge in [0.2, 0.25) is 5.91 Å². The second-order valence-corrected chi connectivity index (χ2v) is 6.23. The summed E-state index contributed by atoms with van der Waals surface area (Å²) < 4.78 is 2.26. The quantitative estimate of drug-likeness (QED) is 0.613. The van der Waals surface area contributed by atoms with E-state index in [0.29, 0.717) is 12.5 Å². The van der Waals surface area contributed by atoms with Crippen LogP contribution >= 0.6 is 22.9 Å². The van der Waals surface area contributed by atoms with Gasteiger partial charge < -0.3 is 4.90 Å². The van der Waals surface area contributed by atoms with Gasteiger partial charge in [0.25, 0.3) is 0 Å². The van der Waals surface area contributed by atoms with Crippen molar-refractivity contribution in [2.24, 2.45) is 5.92 Å². The first-order valence-corrected chi connectivity index (χ1v) is 7.33. The van der Waals surface area contributed by atoms with E-state index in [4.69, 9.17) is 0 Å². The molecule has 1 aliphatic heterocycles. The molecule has 3 nitrogen and oxygen atoms in total. The van der Waals surface area contributed by atoms with E-state index in [1.54, 1.807) is 0 Å². The molecule has 0 aliphatic carbocycles. The first-order chi connectivity index (χ1) is 8.66. The lowest BCUT2D eigenvalue weighted by Gasteiger charge is -2.29. The molecule has 1 amide bonds. The van der Waals surface area contributed by atoms with Crippen molar-refractivity contribution in [3.8, 4) is 0 Å². The van der Waals surface area contributed by atoms with Gasteiger partial charge in [-0.1, -0.05) is 30.3 Å². The molecule has 0 spiro atoms. The van der Waals surface area contributed by atoms with Crippen LogP contribution in [-0.2, 0) is 11.3 Å². The first kappa shape index (κ1) is 13.8. The molecule has 98 valence electrons. The minimum Gasteiger partial charge on any atom is -0.341 e. The molecule has 1 aliphatic rings. The molecule has 1 aromatic rings. The molecule has 18 heavy (non-hydrogen) atoms. The van der Waals surface area contributed by atoms with Crippen LogP contribution in [0.1, 0.15) is 18.4 Å². The number of piperidine rings is 1. The molecular weight excluding hydrogens is 339 g/mol. The van der Waals surface area contributed by atoms with Gasteiger partial charge >= 0.3 is 0 Å². The summed E-state index contributed by atoms with van der Waals surface area (Å²) in [7, 11) is 1.91. The zero-order valence-corrected chi connectivity index (χ0v) is 12.8. The summed E-state index contributed by atoms with van der Waals surface area (Å²) >= 11 is 2.33. The minimum absolute atomic E-state index is 0.213. The lowest BCUT2D eigenvalue weighted by molar-refractivity contribution is -0.135. The zero-order valence-electron chi connectivity index (χ0n) is 10.7. The molecule has 0 bridgehead atoms. The van der Waals surface area contributed by atoms with Crippen molar-refractivity contribution in [1.29, 1.82) is 0 Å². The van der Waals surface area contributed by atoms with E-state index in [0.717, 1.165) is 25.9 Å². The summed E-state index contributed by atoms with van der Waals surface area (Å²) in [6.07, 6.45) is 1.97. The fourth-order valence-electron chi connectivity index (χ4n) is 2.34. The number of rotatable bonds is 3. The van der Waals surface area contributed by atoms with Gasteiger partial charge in [-0.25, -0.2) is 3.11 Å². The molecule has 0 atom stereocenters. The standard InChI is InChI=1S/C14H19IN2O/c1-16(11-12-5-3-2-4-6-12)14(18)13-7-9-17(15)10-8-13/h2-6,13H,7-11H2,1H3. The van der Waals surface area contributed by atoms with E-state index < -0.39 is 0 Å². The maximum atomic E-state index is 12.3. The Morgan fingerprint density at radius 1 is 1.33 bits per heavy atom. The number of carbonyl (C=O) groups is 1. The van der Waals surface area contributed by atoms with Crippen molar-refractivity contribution in [3.05, 3.63) is 35.9 Å². The number of halogens is 1. The molecule has 1 fully saturated rings. The van der Waals surface area contributed by atoms with E-state index in [9.17, 15) is 4.79 Å². The molecule has 1 aromatic carbocycles. The summed E-state index contributed by atoms with van der Waals surface area (Å²) in [5.74, 6) is 0.507. The number of nitrogens with zero attached hydrogens (tertiary/aromatic N) is 2. The molecule has 0 radical (unpaired) electrons. The van der Waals surface area contributed by atoms with Gasteiger partial charge in [-0.05, 0) is 18.4 Å². The van der Waals surface area contributed by atoms with Crippen LogP contribution in [0.3, 0.4) is 0 Å². The Hall–Kier alpha value is -0.620. The SMILES string of the molecule is CN(Cc1ccccc1)C(=O)C1CCN(I)CC1. The van der Waals surface area contributed by atoms with Gasteiger partial charge in [0.05, 0.1) is 0 Å². The van der Waals surface area contributed by atoms with Crippen molar-refractivity contribution < 1.29 is 4.79 Å². The number of amides is 1. The molecule has 0 unspecified atom stereocenters. The van der Waals surface area contributed by atoms with Gasteiger partial charge in [0, 0.05) is 55.5 Å². The average molecular weight is 358 g/mol. The van der Waals surface area contributed by atoms with Crippen molar-refractivity contribution in [2.75, 3.05) is 20.1 Å². The van der Waals surface area contributed by atoms with Crippen LogP contribution in [0, 0.1) is 5.92 Å². The highest BCUT2D eigenvalue weighted by molar-refractivity contribution is 14.1. The third-order valence-electron chi connectivity index (χ3n) is 3.43. The fourth-order valence-corrected chi connectivity index (χ4v) is 2.90. The van der Waals surface area contributed by atoms with Gasteiger partial charge in [-0.2, -0.15) is 0 Å². The monoisotopic (exact) mass is 358 g/mol. The van der Waals surface area contributed by atoms with E-state index in [1.807, 2.05) is 30.1 Å². The second-order valence-electron chi connectivity index (χ2n) is 4.86. The van der Waals surface area contributed by atoms with Crippen LogP contribution in [0.2, 0.25) is 0 Å². The topological polar surface area (TPSA) is 23.6 Å². The van der Waals surface area contributed by atoms with Gasteiger partial charge in [0.15, 0.2) is 0 Å². The van der Waals surface area contributed by atoms with Crippen LogP contribution in [-0.4, -0.2) is 34.1 Å². The van der Waals surface area contributed by atoms with Crippen LogP contribution in [0.5, 0.6) is 0 Å². The molecule has 0 saturated carbocycles. The van der Waals surface area contributed by atoms with Gasteiger partial charge in [0.1, 0.15) is 0 Å². The third kappa shape index (κ3) is 3.68. The third-order valence-corrected chi connectivity index (χ3v) is 4.39. The molecule has 2 rings (SSSR count). The van der Waals surface area contributed by atoms with E-state index in [1.165, 1.54) is 5.56 Å². The summed E-state index contributed by atoms with van der Waals surface area (Å²) in [5.41, 5.74) is 1.19. The van der Waals surface area contributed by atoms with Gasteiger partial charge in [-0.3, -0.25) is 4.79 Å². The average Bonchev–Trinajstić information content (AvgIpc) is 2.40. The summed E-state index contributed by atoms with van der Waals surface area (Å²) in [6.45, 7) is 2.76. The van der Waals surface area contributed by atoms with Crippen LogP contribution < -0.4 is 0 Å². The molecule has 1 saturated heterocycles. The Morgan fingerprint density at radius 2 is 1.94 bits per heavy atom. The highest BCUT2D eigenvalue weighted by Crippen LogP contribution is 2.21. The number of hydrogen-bond acceptors (Lipinski definition) is 2. The zero-order chi connectivity index (χ0) is 13.0. The van der Waals surface area contributed by atoms with E-state index >= 15 is 0 Å². The second kappa shape index (κ2) is 6.52. The number of hydrogen-bond donors (Lipinski definition) is 0. The minimum atomic E-state index is 0.213. The van der Waals surface area contributed by atoms with Crippen molar-refractivity contribution in [2.45, 2.75) is 19.4 Å². The number of carbonyl (C=O) groups excluding carboxylic acids is 1. The summed E-state index contributed by atoms with van der Waals surface area (Å²) in [4.78, 5) is 14.2. The first-order valence-electron chi connectivity index (χ1n) is 6.36. The molecule has 1 heterocycles. The highest BCUT2D eigenvalue weighted by Gasteiger charge is 2.26. The van der Waals surface area contributed by atoms with Crippen LogP contribution in [0.15, 0.2) is 30.3 Å². The number of benzene rings is 1. The van der Waals surface area contributed by atoms with Gasteiger partial charge in [-0.15, -0.1) is 0 Å². The van der Waals surface area contributed by atoms with E-state index in [2.05, 4.69) is 38.1 Å². The maximum Gasteiger partial charge on any atom is 0.225 e. The summed E-state index contributed by atoms with van der Waals surface area (Å²) in [6, 6.07) is 10.2.